The molecule has 0 aliphatic heterocycles. The summed E-state index contributed by atoms with van der Waals surface area (Å²) in [5, 5.41) is 7.89. The van der Waals surface area contributed by atoms with Gasteiger partial charge in [-0.3, -0.25) is 14.4 Å². The van der Waals surface area contributed by atoms with Crippen LogP contribution in [0, 0.1) is 0 Å². The van der Waals surface area contributed by atoms with E-state index in [9.17, 15) is 14.4 Å². The molecular formula is C18H24N4O3. The molecule has 0 aliphatic rings. The minimum Gasteiger partial charge on any atom is -0.350 e. The van der Waals surface area contributed by atoms with Gasteiger partial charge in [0.2, 0.25) is 5.91 Å². The molecule has 7 heteroatoms. The van der Waals surface area contributed by atoms with Crippen LogP contribution >= 0.6 is 0 Å². The highest BCUT2D eigenvalue weighted by atomic mass is 16.2. The van der Waals surface area contributed by atoms with Crippen molar-refractivity contribution in [2.45, 2.75) is 33.2 Å². The lowest BCUT2D eigenvalue weighted by molar-refractivity contribution is -0.123. The van der Waals surface area contributed by atoms with Crippen LogP contribution in [0.1, 0.15) is 38.2 Å². The SMILES string of the molecule is CCN(CC(=O)NC(C)(C)C)C(=O)c1nn(C)c(=O)c2ccccc12. The van der Waals surface area contributed by atoms with E-state index in [2.05, 4.69) is 10.4 Å². The van der Waals surface area contributed by atoms with E-state index in [1.165, 1.54) is 11.9 Å². The van der Waals surface area contributed by atoms with Crippen LogP contribution in [0.5, 0.6) is 0 Å². The standard InChI is InChI=1S/C18H24N4O3/c1-6-22(11-14(23)19-18(2,3)4)17(25)15-12-9-7-8-10-13(12)16(24)21(5)20-15/h7-10H,6,11H2,1-5H3,(H,19,23). The van der Waals surface area contributed by atoms with Gasteiger partial charge < -0.3 is 10.2 Å². The van der Waals surface area contributed by atoms with Gasteiger partial charge in [-0.2, -0.15) is 5.10 Å². The van der Waals surface area contributed by atoms with Crippen molar-refractivity contribution in [2.24, 2.45) is 7.05 Å². The summed E-state index contributed by atoms with van der Waals surface area (Å²) < 4.78 is 1.15. The number of amides is 2. The molecule has 7 nitrogen and oxygen atoms in total. The molecule has 0 unspecified atom stereocenters. The smallest absolute Gasteiger partial charge is 0.275 e. The maximum Gasteiger partial charge on any atom is 0.275 e. The third kappa shape index (κ3) is 4.23. The minimum absolute atomic E-state index is 0.0640. The van der Waals surface area contributed by atoms with Crippen molar-refractivity contribution in [2.75, 3.05) is 13.1 Å². The molecule has 1 aromatic carbocycles. The lowest BCUT2D eigenvalue weighted by Crippen LogP contribution is -2.47. The molecule has 0 saturated carbocycles. The van der Waals surface area contributed by atoms with E-state index in [4.69, 9.17) is 0 Å². The molecule has 1 N–H and O–H groups in total. The second-order valence-electron chi connectivity index (χ2n) is 6.94. The van der Waals surface area contributed by atoms with Crippen LogP contribution in [0.25, 0.3) is 10.8 Å². The third-order valence-corrected chi connectivity index (χ3v) is 3.68. The molecule has 2 amide bonds. The van der Waals surface area contributed by atoms with E-state index >= 15 is 0 Å². The average molecular weight is 344 g/mol. The highest BCUT2D eigenvalue weighted by Crippen LogP contribution is 2.15. The van der Waals surface area contributed by atoms with Gasteiger partial charge in [0.05, 0.1) is 11.9 Å². The van der Waals surface area contributed by atoms with Crippen LogP contribution in [-0.4, -0.2) is 45.1 Å². The van der Waals surface area contributed by atoms with Crippen molar-refractivity contribution in [3.63, 3.8) is 0 Å². The van der Waals surface area contributed by atoms with Gasteiger partial charge in [0, 0.05) is 24.5 Å². The van der Waals surface area contributed by atoms with E-state index in [1.807, 2.05) is 20.8 Å². The van der Waals surface area contributed by atoms with Crippen LogP contribution < -0.4 is 10.9 Å². The molecule has 0 spiro atoms. The van der Waals surface area contributed by atoms with E-state index in [1.54, 1.807) is 31.2 Å². The molecule has 134 valence electrons. The summed E-state index contributed by atoms with van der Waals surface area (Å²) in [5.74, 6) is -0.616. The normalized spacial score (nSPS) is 11.4. The first-order valence-electron chi connectivity index (χ1n) is 8.20. The number of aryl methyl sites for hydroxylation is 1. The molecule has 0 atom stereocenters. The van der Waals surface area contributed by atoms with Gasteiger partial charge >= 0.3 is 0 Å². The Morgan fingerprint density at radius 3 is 2.36 bits per heavy atom. The monoisotopic (exact) mass is 344 g/mol. The van der Waals surface area contributed by atoms with Crippen molar-refractivity contribution in [1.82, 2.24) is 20.0 Å². The first kappa shape index (κ1) is 18.6. The molecule has 1 heterocycles. The van der Waals surface area contributed by atoms with Gasteiger partial charge in [-0.25, -0.2) is 4.68 Å². The summed E-state index contributed by atoms with van der Waals surface area (Å²) in [7, 11) is 1.51. The highest BCUT2D eigenvalue weighted by molar-refractivity contribution is 6.05. The Kier molecular flexibility index (Phi) is 5.25. The Bertz CT molecular complexity index is 865. The van der Waals surface area contributed by atoms with E-state index in [0.717, 1.165) is 4.68 Å². The molecule has 2 rings (SSSR count). The van der Waals surface area contributed by atoms with E-state index in [-0.39, 0.29) is 35.2 Å². The number of likely N-dealkylation sites (N-methyl/N-ethyl adjacent to an activating group) is 1. The Hall–Kier alpha value is -2.70. The van der Waals surface area contributed by atoms with Gasteiger partial charge in [-0.15, -0.1) is 0 Å². The molecule has 0 radical (unpaired) electrons. The fourth-order valence-electron chi connectivity index (χ4n) is 2.57. The summed E-state index contributed by atoms with van der Waals surface area (Å²) in [5.41, 5.74) is -0.468. The lowest BCUT2D eigenvalue weighted by Gasteiger charge is -2.25. The van der Waals surface area contributed by atoms with Crippen molar-refractivity contribution in [3.05, 3.63) is 40.3 Å². The Morgan fingerprint density at radius 2 is 1.80 bits per heavy atom. The van der Waals surface area contributed by atoms with Gasteiger partial charge in [0.1, 0.15) is 0 Å². The number of nitrogens with one attached hydrogen (secondary N) is 1. The number of rotatable bonds is 4. The third-order valence-electron chi connectivity index (χ3n) is 3.68. The van der Waals surface area contributed by atoms with Crippen molar-refractivity contribution < 1.29 is 9.59 Å². The van der Waals surface area contributed by atoms with Crippen molar-refractivity contribution >= 4 is 22.6 Å². The summed E-state index contributed by atoms with van der Waals surface area (Å²) >= 11 is 0. The Morgan fingerprint density at radius 1 is 1.20 bits per heavy atom. The number of hydrogen-bond donors (Lipinski definition) is 1. The largest absolute Gasteiger partial charge is 0.350 e. The maximum atomic E-state index is 12.9. The highest BCUT2D eigenvalue weighted by Gasteiger charge is 2.24. The zero-order valence-corrected chi connectivity index (χ0v) is 15.3. The number of nitrogens with zero attached hydrogens (tertiary/aromatic N) is 3. The lowest BCUT2D eigenvalue weighted by atomic mass is 10.1. The zero-order chi connectivity index (χ0) is 18.8. The first-order chi connectivity index (χ1) is 11.6. The van der Waals surface area contributed by atoms with Crippen LogP contribution in [0.15, 0.2) is 29.1 Å². The van der Waals surface area contributed by atoms with Crippen LogP contribution in [0.3, 0.4) is 0 Å². The molecule has 1 aromatic heterocycles. The minimum atomic E-state index is -0.377. The topological polar surface area (TPSA) is 84.3 Å². The maximum absolute atomic E-state index is 12.9. The number of hydrogen-bond acceptors (Lipinski definition) is 4. The fraction of sp³-hybridized carbons (Fsp3) is 0.444. The van der Waals surface area contributed by atoms with Gasteiger partial charge in [0.15, 0.2) is 5.69 Å². The predicted octanol–water partition coefficient (Wildman–Crippen LogP) is 1.31. The van der Waals surface area contributed by atoms with Gasteiger partial charge in [-0.05, 0) is 33.8 Å². The molecule has 2 aromatic rings. The quantitative estimate of drug-likeness (QED) is 0.906. The first-order valence-corrected chi connectivity index (χ1v) is 8.20. The fourth-order valence-corrected chi connectivity index (χ4v) is 2.57. The average Bonchev–Trinajstić information content (AvgIpc) is 2.53. The Balaban J connectivity index is 2.39. The van der Waals surface area contributed by atoms with E-state index in [0.29, 0.717) is 17.3 Å². The molecule has 0 fully saturated rings. The molecule has 0 bridgehead atoms. The van der Waals surface area contributed by atoms with Crippen LogP contribution in [0.4, 0.5) is 0 Å². The summed E-state index contributed by atoms with van der Waals surface area (Å²) in [6, 6.07) is 6.86. The summed E-state index contributed by atoms with van der Waals surface area (Å²) in [4.78, 5) is 38.7. The van der Waals surface area contributed by atoms with Crippen LogP contribution in [0.2, 0.25) is 0 Å². The van der Waals surface area contributed by atoms with Crippen LogP contribution in [-0.2, 0) is 11.8 Å². The van der Waals surface area contributed by atoms with Crippen molar-refractivity contribution in [1.29, 1.82) is 0 Å². The predicted molar refractivity (Wildman–Crippen MR) is 96.5 cm³/mol. The second-order valence-corrected chi connectivity index (χ2v) is 6.94. The van der Waals surface area contributed by atoms with Gasteiger partial charge in [0.25, 0.3) is 11.5 Å². The number of benzene rings is 1. The summed E-state index contributed by atoms with van der Waals surface area (Å²) in [6.45, 7) is 7.73. The molecule has 0 aliphatic carbocycles. The zero-order valence-electron chi connectivity index (χ0n) is 15.3. The number of carbonyl (C=O) groups is 2. The van der Waals surface area contributed by atoms with E-state index < -0.39 is 0 Å². The molecule has 25 heavy (non-hydrogen) atoms. The van der Waals surface area contributed by atoms with Crippen molar-refractivity contribution in [3.8, 4) is 0 Å². The number of aromatic nitrogens is 2. The number of fused-ring (bicyclic) bond motifs is 1. The summed E-state index contributed by atoms with van der Waals surface area (Å²) in [6.07, 6.45) is 0. The molecule has 0 saturated heterocycles. The second kappa shape index (κ2) is 7.04. The Labute approximate surface area is 146 Å². The molecular weight excluding hydrogens is 320 g/mol. The van der Waals surface area contributed by atoms with Gasteiger partial charge in [-0.1, -0.05) is 18.2 Å². The number of carbonyl (C=O) groups excluding carboxylic acids is 2.